The van der Waals surface area contributed by atoms with Crippen LogP contribution in [0.2, 0.25) is 25.7 Å². The standard InChI is InChI=1S/C23H36BNO3Si/c1-17-15-19(16-26-13-14-29(6,7)8)21(25-17)18-9-11-20(12-10-18)24-27-22(2,3)23(4,5)28-24/h9-12,15,19H,13-14,16H2,1-8H3. The van der Waals surface area contributed by atoms with Crippen LogP contribution in [0.25, 0.3) is 0 Å². The maximum atomic E-state index is 6.17. The molecule has 0 spiro atoms. The van der Waals surface area contributed by atoms with Crippen LogP contribution in [-0.2, 0) is 14.0 Å². The molecule has 0 amide bonds. The molecule has 158 valence electrons. The van der Waals surface area contributed by atoms with Gasteiger partial charge in [-0.25, -0.2) is 0 Å². The molecule has 0 bridgehead atoms. The highest BCUT2D eigenvalue weighted by atomic mass is 28.3. The van der Waals surface area contributed by atoms with E-state index in [1.165, 1.54) is 6.04 Å². The molecule has 4 nitrogen and oxygen atoms in total. The van der Waals surface area contributed by atoms with Gasteiger partial charge >= 0.3 is 7.12 Å². The molecule has 0 aliphatic carbocycles. The van der Waals surface area contributed by atoms with E-state index in [0.717, 1.165) is 29.0 Å². The molecule has 0 aromatic heterocycles. The normalized spacial score (nSPS) is 23.3. The van der Waals surface area contributed by atoms with Crippen molar-refractivity contribution in [2.45, 2.75) is 71.5 Å². The van der Waals surface area contributed by atoms with Crippen molar-refractivity contribution in [3.63, 3.8) is 0 Å². The highest BCUT2D eigenvalue weighted by Gasteiger charge is 2.51. The van der Waals surface area contributed by atoms with E-state index in [2.05, 4.69) is 84.6 Å². The van der Waals surface area contributed by atoms with Crippen LogP contribution in [0.1, 0.15) is 40.2 Å². The summed E-state index contributed by atoms with van der Waals surface area (Å²) in [4.78, 5) is 4.78. The Hall–Kier alpha value is -1.21. The SMILES string of the molecule is CC1=CC(COCC[Si](C)(C)C)C(c2ccc(B3OC(C)(C)C(C)(C)O3)cc2)=N1. The second-order valence-electron chi connectivity index (χ2n) is 10.5. The fourth-order valence-corrected chi connectivity index (χ4v) is 4.22. The van der Waals surface area contributed by atoms with E-state index in [9.17, 15) is 0 Å². The van der Waals surface area contributed by atoms with Crippen molar-refractivity contribution in [3.05, 3.63) is 41.6 Å². The van der Waals surface area contributed by atoms with E-state index < -0.39 is 8.07 Å². The molecule has 1 aromatic rings. The van der Waals surface area contributed by atoms with Crippen LogP contribution in [0, 0.1) is 5.92 Å². The predicted octanol–water partition coefficient (Wildman–Crippen LogP) is 4.66. The van der Waals surface area contributed by atoms with Crippen LogP contribution in [0.5, 0.6) is 0 Å². The first-order valence-electron chi connectivity index (χ1n) is 10.7. The molecule has 0 N–H and O–H groups in total. The third kappa shape index (κ3) is 5.29. The quantitative estimate of drug-likeness (QED) is 0.482. The van der Waals surface area contributed by atoms with Gasteiger partial charge in [0.15, 0.2) is 0 Å². The van der Waals surface area contributed by atoms with Crippen LogP contribution in [0.3, 0.4) is 0 Å². The Morgan fingerprint density at radius 2 is 1.62 bits per heavy atom. The molecule has 29 heavy (non-hydrogen) atoms. The Kier molecular flexibility index (Phi) is 6.31. The van der Waals surface area contributed by atoms with Gasteiger partial charge in [0.05, 0.1) is 23.5 Å². The van der Waals surface area contributed by atoms with Crippen LogP contribution in [-0.4, -0.2) is 45.3 Å². The Labute approximate surface area is 177 Å². The summed E-state index contributed by atoms with van der Waals surface area (Å²) in [5, 5.41) is 0. The second-order valence-corrected chi connectivity index (χ2v) is 16.1. The van der Waals surface area contributed by atoms with Crippen molar-refractivity contribution >= 4 is 26.4 Å². The number of nitrogens with zero attached hydrogens (tertiary/aromatic N) is 1. The van der Waals surface area contributed by atoms with Crippen molar-refractivity contribution in [2.24, 2.45) is 10.9 Å². The fourth-order valence-electron chi connectivity index (χ4n) is 3.46. The topological polar surface area (TPSA) is 40.0 Å². The third-order valence-electron chi connectivity index (χ3n) is 6.12. The minimum atomic E-state index is -1.06. The smallest absolute Gasteiger partial charge is 0.399 e. The van der Waals surface area contributed by atoms with Crippen molar-refractivity contribution < 1.29 is 14.0 Å². The number of aliphatic imine (C=N–C) groups is 1. The van der Waals surface area contributed by atoms with Gasteiger partial charge in [-0.3, -0.25) is 4.99 Å². The molecule has 1 fully saturated rings. The van der Waals surface area contributed by atoms with E-state index in [1.807, 2.05) is 0 Å². The van der Waals surface area contributed by atoms with Gasteiger partial charge in [-0.05, 0) is 51.7 Å². The lowest BCUT2D eigenvalue weighted by Crippen LogP contribution is -2.41. The molecule has 1 atom stereocenters. The zero-order valence-corrected chi connectivity index (χ0v) is 20.3. The lowest BCUT2D eigenvalue weighted by atomic mass is 9.78. The van der Waals surface area contributed by atoms with Gasteiger partial charge in [0.1, 0.15) is 0 Å². The molecular weight excluding hydrogens is 377 g/mol. The van der Waals surface area contributed by atoms with Crippen molar-refractivity contribution in [2.75, 3.05) is 13.2 Å². The van der Waals surface area contributed by atoms with Crippen molar-refractivity contribution in [3.8, 4) is 0 Å². The first-order valence-corrected chi connectivity index (χ1v) is 14.4. The molecule has 6 heteroatoms. The predicted molar refractivity (Wildman–Crippen MR) is 125 cm³/mol. The molecule has 2 aliphatic rings. The molecule has 1 saturated heterocycles. The highest BCUT2D eigenvalue weighted by Crippen LogP contribution is 2.36. The summed E-state index contributed by atoms with van der Waals surface area (Å²) >= 11 is 0. The van der Waals surface area contributed by atoms with Crippen LogP contribution >= 0.6 is 0 Å². The molecule has 3 rings (SSSR count). The van der Waals surface area contributed by atoms with Crippen molar-refractivity contribution in [1.29, 1.82) is 0 Å². The lowest BCUT2D eigenvalue weighted by molar-refractivity contribution is 0.00578. The molecule has 0 saturated carbocycles. The molecule has 2 aliphatic heterocycles. The summed E-state index contributed by atoms with van der Waals surface area (Å²) in [5.74, 6) is 0.222. The van der Waals surface area contributed by atoms with Gasteiger partial charge in [0, 0.05) is 26.3 Å². The Bertz CT molecular complexity index is 777. The first kappa shape index (κ1) is 22.5. The molecular formula is C23H36BNO3Si. The number of allylic oxidation sites excluding steroid dienone is 1. The monoisotopic (exact) mass is 413 g/mol. The molecule has 1 aromatic carbocycles. The van der Waals surface area contributed by atoms with Gasteiger partial charge in [0.25, 0.3) is 0 Å². The largest absolute Gasteiger partial charge is 0.494 e. The van der Waals surface area contributed by atoms with E-state index in [0.29, 0.717) is 6.61 Å². The second kappa shape index (κ2) is 8.14. The zero-order chi connectivity index (χ0) is 21.4. The summed E-state index contributed by atoms with van der Waals surface area (Å²) in [5.41, 5.74) is 3.68. The van der Waals surface area contributed by atoms with Gasteiger partial charge in [-0.15, -0.1) is 0 Å². The lowest BCUT2D eigenvalue weighted by Gasteiger charge is -2.32. The zero-order valence-electron chi connectivity index (χ0n) is 19.3. The molecule has 0 radical (unpaired) electrons. The van der Waals surface area contributed by atoms with Gasteiger partial charge in [-0.1, -0.05) is 50.0 Å². The summed E-state index contributed by atoms with van der Waals surface area (Å²) in [7, 11) is -1.40. The average Bonchev–Trinajstić information content (AvgIpc) is 3.07. The average molecular weight is 413 g/mol. The Morgan fingerprint density at radius 1 is 1.03 bits per heavy atom. The van der Waals surface area contributed by atoms with Gasteiger partial charge in [0.2, 0.25) is 0 Å². The van der Waals surface area contributed by atoms with E-state index >= 15 is 0 Å². The maximum absolute atomic E-state index is 6.17. The van der Waals surface area contributed by atoms with E-state index in [4.69, 9.17) is 19.0 Å². The van der Waals surface area contributed by atoms with Crippen molar-refractivity contribution in [1.82, 2.24) is 0 Å². The first-order chi connectivity index (χ1) is 13.4. The summed E-state index contributed by atoms with van der Waals surface area (Å²) in [6.07, 6.45) is 2.21. The van der Waals surface area contributed by atoms with Gasteiger partial charge in [-0.2, -0.15) is 0 Å². The number of ether oxygens (including phenoxy) is 1. The number of hydrogen-bond donors (Lipinski definition) is 0. The van der Waals surface area contributed by atoms with Crippen LogP contribution in [0.15, 0.2) is 41.0 Å². The number of hydrogen-bond acceptors (Lipinski definition) is 4. The van der Waals surface area contributed by atoms with Crippen LogP contribution in [0.4, 0.5) is 0 Å². The Morgan fingerprint density at radius 3 is 2.17 bits per heavy atom. The summed E-state index contributed by atoms with van der Waals surface area (Å²) < 4.78 is 18.3. The minimum Gasteiger partial charge on any atom is -0.399 e. The fraction of sp³-hybridized carbons (Fsp3) is 0.609. The number of benzene rings is 1. The highest BCUT2D eigenvalue weighted by molar-refractivity contribution is 6.76. The van der Waals surface area contributed by atoms with Gasteiger partial charge < -0.3 is 14.0 Å². The van der Waals surface area contributed by atoms with E-state index in [-0.39, 0.29) is 24.2 Å². The summed E-state index contributed by atoms with van der Waals surface area (Å²) in [6.45, 7) is 19.0. The minimum absolute atomic E-state index is 0.222. The summed E-state index contributed by atoms with van der Waals surface area (Å²) in [6, 6.07) is 9.63. The third-order valence-corrected chi connectivity index (χ3v) is 7.82. The van der Waals surface area contributed by atoms with Crippen LogP contribution < -0.4 is 5.46 Å². The number of rotatable bonds is 7. The maximum Gasteiger partial charge on any atom is 0.494 e. The molecule has 1 unspecified atom stereocenters. The molecule has 2 heterocycles. The Balaban J connectivity index is 1.65. The van der Waals surface area contributed by atoms with E-state index in [1.54, 1.807) is 0 Å².